The van der Waals surface area contributed by atoms with Crippen LogP contribution >= 0.6 is 0 Å². The molecule has 1 atom stereocenters. The summed E-state index contributed by atoms with van der Waals surface area (Å²) in [5, 5.41) is 0. The van der Waals surface area contributed by atoms with Gasteiger partial charge >= 0.3 is 0 Å². The zero-order valence-electron chi connectivity index (χ0n) is 15.3. The van der Waals surface area contributed by atoms with E-state index in [9.17, 15) is 9.59 Å². The van der Waals surface area contributed by atoms with Gasteiger partial charge in [-0.1, -0.05) is 6.92 Å². The third kappa shape index (κ3) is 3.70. The number of likely N-dealkylation sites (N-methyl/N-ethyl adjacent to an activating group) is 2. The number of anilines is 1. The van der Waals surface area contributed by atoms with Gasteiger partial charge in [0.25, 0.3) is 5.91 Å². The predicted octanol–water partition coefficient (Wildman–Crippen LogP) is 1.73. The van der Waals surface area contributed by atoms with E-state index in [1.165, 1.54) is 0 Å². The van der Waals surface area contributed by atoms with Crippen LogP contribution in [0.2, 0.25) is 0 Å². The van der Waals surface area contributed by atoms with E-state index in [0.29, 0.717) is 17.0 Å². The lowest BCUT2D eigenvalue weighted by molar-refractivity contribution is -0.919. The van der Waals surface area contributed by atoms with Crippen LogP contribution in [0.15, 0.2) is 18.2 Å². The number of carbonyl (C=O) groups excluding carboxylic acids is 2. The topological polar surface area (TPSA) is 55.8 Å². The van der Waals surface area contributed by atoms with Gasteiger partial charge < -0.3 is 18.9 Å². The van der Waals surface area contributed by atoms with E-state index in [1.54, 1.807) is 24.1 Å². The number of benzene rings is 1. The van der Waals surface area contributed by atoms with Gasteiger partial charge in [-0.2, -0.15) is 0 Å². The molecule has 0 N–H and O–H groups in total. The molecule has 2 aliphatic heterocycles. The van der Waals surface area contributed by atoms with Crippen molar-refractivity contribution in [2.45, 2.75) is 13.3 Å². The summed E-state index contributed by atoms with van der Waals surface area (Å²) in [4.78, 5) is 26.3. The van der Waals surface area contributed by atoms with E-state index < -0.39 is 0 Å². The predicted molar refractivity (Wildman–Crippen MR) is 95.1 cm³/mol. The van der Waals surface area contributed by atoms with Gasteiger partial charge in [-0.25, -0.2) is 0 Å². The molecule has 1 unspecified atom stereocenters. The van der Waals surface area contributed by atoms with Crippen LogP contribution in [0.4, 0.5) is 5.69 Å². The first-order chi connectivity index (χ1) is 11.9. The normalized spacial score (nSPS) is 20.6. The summed E-state index contributed by atoms with van der Waals surface area (Å²) in [7, 11) is 3.93. The summed E-state index contributed by atoms with van der Waals surface area (Å²) in [5.74, 6) is 0.653. The molecule has 0 spiro atoms. The second-order valence-corrected chi connectivity index (χ2v) is 7.26. The van der Waals surface area contributed by atoms with Gasteiger partial charge in [-0.3, -0.25) is 9.59 Å². The van der Waals surface area contributed by atoms with Crippen molar-refractivity contribution in [3.8, 4) is 5.75 Å². The summed E-state index contributed by atoms with van der Waals surface area (Å²) in [6.45, 7) is 6.33. The third-order valence-corrected chi connectivity index (χ3v) is 5.41. The summed E-state index contributed by atoms with van der Waals surface area (Å²) in [6.07, 6.45) is 0.809. The Hall–Kier alpha value is -1.92. The second kappa shape index (κ2) is 7.14. The van der Waals surface area contributed by atoms with Crippen molar-refractivity contribution in [1.82, 2.24) is 0 Å². The average Bonchev–Trinajstić information content (AvgIpc) is 2.62. The van der Waals surface area contributed by atoms with E-state index >= 15 is 0 Å². The van der Waals surface area contributed by atoms with Crippen LogP contribution in [0.25, 0.3) is 0 Å². The van der Waals surface area contributed by atoms with Crippen molar-refractivity contribution in [1.29, 1.82) is 0 Å². The zero-order chi connectivity index (χ0) is 18.0. The number of quaternary nitrogens is 1. The molecule has 0 aromatic heterocycles. The molecule has 0 bridgehead atoms. The van der Waals surface area contributed by atoms with Crippen LogP contribution in [0, 0.1) is 5.92 Å². The number of hydrogen-bond acceptors (Lipinski definition) is 4. The van der Waals surface area contributed by atoms with Gasteiger partial charge in [0, 0.05) is 12.6 Å². The Morgan fingerprint density at radius 2 is 2.04 bits per heavy atom. The molecule has 0 aliphatic carbocycles. The number of rotatable bonds is 5. The van der Waals surface area contributed by atoms with E-state index in [-0.39, 0.29) is 24.2 Å². The van der Waals surface area contributed by atoms with Crippen LogP contribution in [0.1, 0.15) is 23.7 Å². The fourth-order valence-corrected chi connectivity index (χ4v) is 3.56. The maximum Gasteiger partial charge on any atom is 0.264 e. The molecule has 6 nitrogen and oxygen atoms in total. The summed E-state index contributed by atoms with van der Waals surface area (Å²) < 4.78 is 11.9. The van der Waals surface area contributed by atoms with Crippen LogP contribution < -0.4 is 9.64 Å². The quantitative estimate of drug-likeness (QED) is 0.601. The highest BCUT2D eigenvalue weighted by Gasteiger charge is 2.32. The number of hydrogen-bond donors (Lipinski definition) is 0. The molecule has 0 saturated carbocycles. The average molecular weight is 347 g/mol. The first-order valence-corrected chi connectivity index (χ1v) is 8.92. The molecule has 2 heterocycles. The van der Waals surface area contributed by atoms with E-state index in [1.807, 2.05) is 6.07 Å². The number of amides is 1. The van der Waals surface area contributed by atoms with Crippen molar-refractivity contribution >= 4 is 17.4 Å². The lowest BCUT2D eigenvalue weighted by Crippen LogP contribution is -2.54. The molecule has 0 radical (unpaired) electrons. The van der Waals surface area contributed by atoms with Crippen LogP contribution in [0.3, 0.4) is 0 Å². The SMILES string of the molecule is CCC(C[N+]1(C)CCOCC1)C(=O)c1ccc2c(c1)OCC(=O)N2C. The number of ketones is 1. The highest BCUT2D eigenvalue weighted by molar-refractivity contribution is 6.01. The number of ether oxygens (including phenoxy) is 2. The molecule has 6 heteroatoms. The Labute approximate surface area is 148 Å². The molecule has 1 amide bonds. The van der Waals surface area contributed by atoms with Crippen molar-refractivity contribution in [3.63, 3.8) is 0 Å². The zero-order valence-corrected chi connectivity index (χ0v) is 15.3. The lowest BCUT2D eigenvalue weighted by atomic mass is 9.93. The Balaban J connectivity index is 1.78. The van der Waals surface area contributed by atoms with Crippen molar-refractivity contribution in [3.05, 3.63) is 23.8 Å². The van der Waals surface area contributed by atoms with Crippen LogP contribution in [-0.4, -0.2) is 69.7 Å². The van der Waals surface area contributed by atoms with Crippen LogP contribution in [-0.2, 0) is 9.53 Å². The van der Waals surface area contributed by atoms with E-state index in [4.69, 9.17) is 9.47 Å². The van der Waals surface area contributed by atoms with Gasteiger partial charge in [0.15, 0.2) is 12.4 Å². The summed E-state index contributed by atoms with van der Waals surface area (Å²) in [6, 6.07) is 5.39. The smallest absolute Gasteiger partial charge is 0.264 e. The molecule has 25 heavy (non-hydrogen) atoms. The van der Waals surface area contributed by atoms with Crippen molar-refractivity contribution in [2.24, 2.45) is 5.92 Å². The number of nitrogens with zero attached hydrogens (tertiary/aromatic N) is 2. The minimum Gasteiger partial charge on any atom is -0.482 e. The fraction of sp³-hybridized carbons (Fsp3) is 0.579. The van der Waals surface area contributed by atoms with Crippen molar-refractivity contribution < 1.29 is 23.5 Å². The van der Waals surface area contributed by atoms with E-state index in [0.717, 1.165) is 43.8 Å². The Kier molecular flexibility index (Phi) is 5.11. The molecule has 1 aromatic rings. The van der Waals surface area contributed by atoms with E-state index in [2.05, 4.69) is 14.0 Å². The number of fused-ring (bicyclic) bond motifs is 1. The molecule has 3 rings (SSSR count). The molecule has 2 aliphatic rings. The van der Waals surface area contributed by atoms with Gasteiger partial charge in [0.05, 0.1) is 38.4 Å². The Morgan fingerprint density at radius 1 is 1.32 bits per heavy atom. The Morgan fingerprint density at radius 3 is 2.72 bits per heavy atom. The number of carbonyl (C=O) groups is 2. The van der Waals surface area contributed by atoms with Gasteiger partial charge in [-0.15, -0.1) is 0 Å². The minimum absolute atomic E-state index is 0.0211. The Bertz CT molecular complexity index is 667. The first-order valence-electron chi connectivity index (χ1n) is 8.92. The highest BCUT2D eigenvalue weighted by Crippen LogP contribution is 2.33. The van der Waals surface area contributed by atoms with Crippen molar-refractivity contribution in [2.75, 3.05) is 58.5 Å². The van der Waals surface area contributed by atoms with Gasteiger partial charge in [-0.05, 0) is 24.6 Å². The fourth-order valence-electron chi connectivity index (χ4n) is 3.56. The molecule has 1 aromatic carbocycles. The second-order valence-electron chi connectivity index (χ2n) is 7.26. The monoisotopic (exact) mass is 347 g/mol. The maximum atomic E-state index is 13.0. The van der Waals surface area contributed by atoms with Gasteiger partial charge in [0.1, 0.15) is 18.8 Å². The largest absolute Gasteiger partial charge is 0.482 e. The number of morpholine rings is 1. The summed E-state index contributed by atoms with van der Waals surface area (Å²) >= 11 is 0. The molecule has 136 valence electrons. The third-order valence-electron chi connectivity index (χ3n) is 5.41. The summed E-state index contributed by atoms with van der Waals surface area (Å²) in [5.41, 5.74) is 1.38. The molecular weight excluding hydrogens is 320 g/mol. The minimum atomic E-state index is -0.0808. The maximum absolute atomic E-state index is 13.0. The number of Topliss-reactive ketones (excluding diaryl/α,β-unsaturated/α-hetero) is 1. The molecular formula is C19H27N2O4+. The highest BCUT2D eigenvalue weighted by atomic mass is 16.5. The van der Waals surface area contributed by atoms with Gasteiger partial charge in [0.2, 0.25) is 0 Å². The molecule has 1 saturated heterocycles. The standard InChI is InChI=1S/C19H27N2O4/c1-4-14(12-21(3)7-9-24-10-8-21)19(23)15-5-6-16-17(11-15)25-13-18(22)20(16)2/h5-6,11,14H,4,7-10,12-13H2,1-3H3/q+1. The lowest BCUT2D eigenvalue weighted by Gasteiger charge is -2.39. The molecule has 1 fully saturated rings. The van der Waals surface area contributed by atoms with Crippen LogP contribution in [0.5, 0.6) is 5.75 Å². The first kappa shape index (κ1) is 17.9.